The van der Waals surface area contributed by atoms with E-state index in [1.165, 1.54) is 6.07 Å². The van der Waals surface area contributed by atoms with Crippen molar-refractivity contribution in [1.82, 2.24) is 10.0 Å². The fraction of sp³-hybridized carbons (Fsp3) is 0.0588. The number of carbonyl (C=O) groups excluding carboxylic acids is 1. The molecule has 0 saturated carbocycles. The molecule has 2 N–H and O–H groups in total. The zero-order chi connectivity index (χ0) is 16.4. The van der Waals surface area contributed by atoms with E-state index < -0.39 is 5.91 Å². The highest BCUT2D eigenvalue weighted by Gasteiger charge is 2.09. The maximum absolute atomic E-state index is 12.6. The molecule has 0 bridgehead atoms. The van der Waals surface area contributed by atoms with Crippen molar-refractivity contribution in [1.29, 1.82) is 0 Å². The van der Waals surface area contributed by atoms with Crippen LogP contribution in [0, 0.1) is 0 Å². The molecule has 0 atom stereocenters. The van der Waals surface area contributed by atoms with E-state index in [0.717, 1.165) is 10.9 Å². The first-order valence-corrected chi connectivity index (χ1v) is 7.28. The van der Waals surface area contributed by atoms with Crippen molar-refractivity contribution >= 4 is 28.3 Å². The molecule has 3 rings (SSSR count). The van der Waals surface area contributed by atoms with Gasteiger partial charge in [0, 0.05) is 22.2 Å². The standard InChI is InChI=1S/C17H13ClN2O3/c18-14-3-1-2-11(8-14)10-20-7-6-12-4-5-13(16(21)19-23)9-15(12)17(20)22/h1-9,23H,10H2,(H,19,21). The Labute approximate surface area is 136 Å². The van der Waals surface area contributed by atoms with Gasteiger partial charge in [-0.25, -0.2) is 5.48 Å². The number of benzene rings is 2. The van der Waals surface area contributed by atoms with E-state index in [4.69, 9.17) is 16.8 Å². The van der Waals surface area contributed by atoms with Gasteiger partial charge in [-0.15, -0.1) is 0 Å². The number of carbonyl (C=O) groups is 1. The van der Waals surface area contributed by atoms with Crippen LogP contribution in [0.5, 0.6) is 0 Å². The van der Waals surface area contributed by atoms with Crippen LogP contribution in [-0.2, 0) is 6.54 Å². The highest BCUT2D eigenvalue weighted by atomic mass is 35.5. The molecular weight excluding hydrogens is 316 g/mol. The van der Waals surface area contributed by atoms with E-state index in [1.54, 1.807) is 40.5 Å². The molecule has 116 valence electrons. The van der Waals surface area contributed by atoms with Gasteiger partial charge in [-0.05, 0) is 41.3 Å². The summed E-state index contributed by atoms with van der Waals surface area (Å²) in [6, 6.07) is 13.8. The first kappa shape index (κ1) is 15.3. The summed E-state index contributed by atoms with van der Waals surface area (Å²) >= 11 is 5.96. The Kier molecular flexibility index (Phi) is 4.14. The summed E-state index contributed by atoms with van der Waals surface area (Å²) in [6.07, 6.45) is 1.71. The van der Waals surface area contributed by atoms with Gasteiger partial charge in [-0.2, -0.15) is 0 Å². The van der Waals surface area contributed by atoms with E-state index in [2.05, 4.69) is 0 Å². The summed E-state index contributed by atoms with van der Waals surface area (Å²) in [5.41, 5.74) is 2.48. The van der Waals surface area contributed by atoms with Crippen molar-refractivity contribution in [3.63, 3.8) is 0 Å². The number of nitrogens with one attached hydrogen (secondary N) is 1. The monoisotopic (exact) mass is 328 g/mol. The van der Waals surface area contributed by atoms with Crippen LogP contribution in [0.1, 0.15) is 15.9 Å². The maximum atomic E-state index is 12.6. The minimum absolute atomic E-state index is 0.213. The van der Waals surface area contributed by atoms with Gasteiger partial charge in [0.15, 0.2) is 0 Å². The van der Waals surface area contributed by atoms with Crippen molar-refractivity contribution < 1.29 is 10.0 Å². The molecular formula is C17H13ClN2O3. The van der Waals surface area contributed by atoms with E-state index in [1.807, 2.05) is 18.2 Å². The predicted octanol–water partition coefficient (Wildman–Crippen LogP) is 2.82. The van der Waals surface area contributed by atoms with Gasteiger partial charge in [0.1, 0.15) is 0 Å². The topological polar surface area (TPSA) is 71.3 Å². The highest BCUT2D eigenvalue weighted by molar-refractivity contribution is 6.30. The van der Waals surface area contributed by atoms with Crippen molar-refractivity contribution in [2.45, 2.75) is 6.54 Å². The summed E-state index contributed by atoms with van der Waals surface area (Å²) in [5.74, 6) is -0.656. The minimum Gasteiger partial charge on any atom is -0.311 e. The second kappa shape index (κ2) is 6.24. The van der Waals surface area contributed by atoms with Crippen LogP contribution in [0.15, 0.2) is 59.5 Å². The van der Waals surface area contributed by atoms with Crippen molar-refractivity contribution in [3.8, 4) is 0 Å². The van der Waals surface area contributed by atoms with Crippen LogP contribution in [0.3, 0.4) is 0 Å². The third-order valence-electron chi connectivity index (χ3n) is 3.58. The third kappa shape index (κ3) is 3.11. The number of fused-ring (bicyclic) bond motifs is 1. The summed E-state index contributed by atoms with van der Waals surface area (Å²) in [4.78, 5) is 24.1. The molecule has 1 heterocycles. The van der Waals surface area contributed by atoms with Crippen LogP contribution in [-0.4, -0.2) is 15.7 Å². The van der Waals surface area contributed by atoms with E-state index in [-0.39, 0.29) is 11.1 Å². The van der Waals surface area contributed by atoms with Crippen LogP contribution in [0.2, 0.25) is 5.02 Å². The zero-order valence-electron chi connectivity index (χ0n) is 12.0. The summed E-state index contributed by atoms with van der Waals surface area (Å²) in [5, 5.41) is 10.5. The smallest absolute Gasteiger partial charge is 0.274 e. The Balaban J connectivity index is 2.07. The molecule has 2 aromatic carbocycles. The quantitative estimate of drug-likeness (QED) is 0.573. The Morgan fingerprint density at radius 2 is 2.00 bits per heavy atom. The fourth-order valence-electron chi connectivity index (χ4n) is 2.44. The number of rotatable bonds is 3. The number of aromatic nitrogens is 1. The molecule has 0 fully saturated rings. The van der Waals surface area contributed by atoms with Crippen LogP contribution in [0.4, 0.5) is 0 Å². The van der Waals surface area contributed by atoms with Crippen LogP contribution >= 0.6 is 11.6 Å². The summed E-state index contributed by atoms with van der Waals surface area (Å²) < 4.78 is 1.55. The Morgan fingerprint density at radius 1 is 1.17 bits per heavy atom. The molecule has 0 aliphatic carbocycles. The number of hydrogen-bond donors (Lipinski definition) is 2. The second-order valence-corrected chi connectivity index (χ2v) is 5.56. The van der Waals surface area contributed by atoms with Crippen LogP contribution in [0.25, 0.3) is 10.8 Å². The fourth-order valence-corrected chi connectivity index (χ4v) is 2.65. The molecule has 1 aromatic heterocycles. The molecule has 0 spiro atoms. The lowest BCUT2D eigenvalue weighted by Gasteiger charge is -2.08. The molecule has 3 aromatic rings. The Hall–Kier alpha value is -2.63. The van der Waals surface area contributed by atoms with E-state index >= 15 is 0 Å². The number of halogens is 1. The van der Waals surface area contributed by atoms with Crippen molar-refractivity contribution in [3.05, 3.63) is 81.2 Å². The van der Waals surface area contributed by atoms with Crippen LogP contribution < -0.4 is 11.0 Å². The van der Waals surface area contributed by atoms with Gasteiger partial charge >= 0.3 is 0 Å². The van der Waals surface area contributed by atoms with Gasteiger partial charge in [0.25, 0.3) is 11.5 Å². The predicted molar refractivity (Wildman–Crippen MR) is 88.0 cm³/mol. The molecule has 23 heavy (non-hydrogen) atoms. The van der Waals surface area contributed by atoms with E-state index in [0.29, 0.717) is 17.0 Å². The van der Waals surface area contributed by atoms with Crippen molar-refractivity contribution in [2.24, 2.45) is 0 Å². The first-order chi connectivity index (χ1) is 11.1. The van der Waals surface area contributed by atoms with Gasteiger partial charge in [0.2, 0.25) is 0 Å². The highest BCUT2D eigenvalue weighted by Crippen LogP contribution is 2.14. The molecule has 0 aliphatic rings. The van der Waals surface area contributed by atoms with Crippen molar-refractivity contribution in [2.75, 3.05) is 0 Å². The lowest BCUT2D eigenvalue weighted by molar-refractivity contribution is 0.0706. The lowest BCUT2D eigenvalue weighted by atomic mass is 10.1. The lowest BCUT2D eigenvalue weighted by Crippen LogP contribution is -2.22. The Morgan fingerprint density at radius 3 is 2.74 bits per heavy atom. The zero-order valence-corrected chi connectivity index (χ0v) is 12.7. The van der Waals surface area contributed by atoms with Gasteiger partial charge in [-0.1, -0.05) is 29.8 Å². The summed E-state index contributed by atoms with van der Waals surface area (Å²) in [7, 11) is 0. The van der Waals surface area contributed by atoms with Gasteiger partial charge < -0.3 is 4.57 Å². The molecule has 0 aliphatic heterocycles. The molecule has 5 nitrogen and oxygen atoms in total. The number of hydroxylamine groups is 1. The SMILES string of the molecule is O=C(NO)c1ccc2ccn(Cc3cccc(Cl)c3)c(=O)c2c1. The molecule has 0 radical (unpaired) electrons. The first-order valence-electron chi connectivity index (χ1n) is 6.90. The molecule has 0 saturated heterocycles. The van der Waals surface area contributed by atoms with Gasteiger partial charge in [-0.3, -0.25) is 14.8 Å². The number of hydrogen-bond acceptors (Lipinski definition) is 3. The number of amides is 1. The van der Waals surface area contributed by atoms with Gasteiger partial charge in [0.05, 0.1) is 6.54 Å². The largest absolute Gasteiger partial charge is 0.311 e. The molecule has 6 heteroatoms. The minimum atomic E-state index is -0.656. The summed E-state index contributed by atoms with van der Waals surface area (Å²) in [6.45, 7) is 0.381. The molecule has 0 unspecified atom stereocenters. The normalized spacial score (nSPS) is 10.7. The molecule has 1 amide bonds. The Bertz CT molecular complexity index is 950. The number of pyridine rings is 1. The van der Waals surface area contributed by atoms with E-state index in [9.17, 15) is 9.59 Å². The third-order valence-corrected chi connectivity index (χ3v) is 3.82. The maximum Gasteiger partial charge on any atom is 0.274 e. The average Bonchev–Trinajstić information content (AvgIpc) is 2.56. The second-order valence-electron chi connectivity index (χ2n) is 5.12. The average molecular weight is 329 g/mol. The number of nitrogens with zero attached hydrogens (tertiary/aromatic N) is 1.